The Bertz CT molecular complexity index is 1030. The van der Waals surface area contributed by atoms with Crippen molar-refractivity contribution in [3.05, 3.63) is 70.5 Å². The van der Waals surface area contributed by atoms with Crippen LogP contribution >= 0.6 is 0 Å². The second-order valence-electron chi connectivity index (χ2n) is 7.25. The number of hydrogen-bond donors (Lipinski definition) is 1. The van der Waals surface area contributed by atoms with E-state index in [4.69, 9.17) is 4.74 Å². The van der Waals surface area contributed by atoms with Crippen molar-refractivity contribution in [1.29, 1.82) is 0 Å². The highest BCUT2D eigenvalue weighted by Crippen LogP contribution is 2.43. The molecule has 0 saturated heterocycles. The predicted molar refractivity (Wildman–Crippen MR) is 120 cm³/mol. The van der Waals surface area contributed by atoms with Crippen LogP contribution in [0, 0.1) is 5.82 Å². The van der Waals surface area contributed by atoms with Gasteiger partial charge < -0.3 is 10.1 Å². The molecule has 6 heteroatoms. The molecule has 1 aliphatic rings. The number of carbonyl (C=O) groups excluding carboxylic acids is 1. The third kappa shape index (κ3) is 5.12. The Hall–Kier alpha value is -2.57. The van der Waals surface area contributed by atoms with Gasteiger partial charge in [0, 0.05) is 42.2 Å². The fourth-order valence-corrected chi connectivity index (χ4v) is 4.09. The lowest BCUT2D eigenvalue weighted by molar-refractivity contribution is -0.120. The van der Waals surface area contributed by atoms with Gasteiger partial charge >= 0.3 is 0 Å². The second-order valence-corrected chi connectivity index (χ2v) is 8.63. The number of ether oxygens (including phenoxy) is 1. The smallest absolute Gasteiger partial charge is 0.224 e. The lowest BCUT2D eigenvalue weighted by Crippen LogP contribution is -2.25. The average molecular weight is 428 g/mol. The SMILES string of the molecule is COCCCNC(=O)CC1=C(C)/C(=C\c2ccc([S@](C)=O)cc2)c2ccc(F)cc21. The highest BCUT2D eigenvalue weighted by atomic mass is 32.2. The number of allylic oxidation sites excluding steroid dienone is 2. The molecule has 1 atom stereocenters. The van der Waals surface area contributed by atoms with Gasteiger partial charge in [-0.25, -0.2) is 4.39 Å². The number of nitrogens with one attached hydrogen (secondary N) is 1. The molecule has 1 N–H and O–H groups in total. The van der Waals surface area contributed by atoms with E-state index >= 15 is 0 Å². The molecule has 0 saturated carbocycles. The fourth-order valence-electron chi connectivity index (χ4n) is 3.57. The molecule has 1 aliphatic carbocycles. The summed E-state index contributed by atoms with van der Waals surface area (Å²) in [6, 6.07) is 12.2. The molecular weight excluding hydrogens is 401 g/mol. The summed E-state index contributed by atoms with van der Waals surface area (Å²) in [7, 11) is 0.600. The molecule has 1 amide bonds. The van der Waals surface area contributed by atoms with Crippen LogP contribution in [-0.4, -0.2) is 36.6 Å². The Balaban J connectivity index is 1.90. The van der Waals surface area contributed by atoms with E-state index in [0.29, 0.717) is 13.2 Å². The molecule has 0 unspecified atom stereocenters. The third-order valence-corrected chi connectivity index (χ3v) is 6.10. The normalized spacial score (nSPS) is 15.4. The molecule has 158 valence electrons. The van der Waals surface area contributed by atoms with E-state index in [-0.39, 0.29) is 18.1 Å². The van der Waals surface area contributed by atoms with E-state index in [9.17, 15) is 13.4 Å². The van der Waals surface area contributed by atoms with Crippen molar-refractivity contribution >= 4 is 33.9 Å². The molecule has 0 fully saturated rings. The summed E-state index contributed by atoms with van der Waals surface area (Å²) in [5.41, 5.74) is 5.41. The first-order valence-electron chi connectivity index (χ1n) is 9.82. The topological polar surface area (TPSA) is 55.4 Å². The van der Waals surface area contributed by atoms with Crippen molar-refractivity contribution < 1.29 is 18.1 Å². The largest absolute Gasteiger partial charge is 0.385 e. The standard InChI is InChI=1S/C24H26FNO3S/c1-16-21(13-17-5-8-19(9-6-17)30(3)28)20-10-7-18(25)14-23(20)22(16)15-24(27)26-11-4-12-29-2/h5-10,13-14H,4,11-12,15H2,1-3H3,(H,26,27)/b21-13+/t30-/m0/s1. The zero-order valence-corrected chi connectivity index (χ0v) is 18.3. The molecule has 0 aromatic heterocycles. The van der Waals surface area contributed by atoms with Crippen LogP contribution in [0.1, 0.15) is 36.5 Å². The van der Waals surface area contributed by atoms with Gasteiger partial charge in [0.15, 0.2) is 0 Å². The summed E-state index contributed by atoms with van der Waals surface area (Å²) in [4.78, 5) is 13.2. The lowest BCUT2D eigenvalue weighted by atomic mass is 10.0. The summed E-state index contributed by atoms with van der Waals surface area (Å²) in [5, 5.41) is 2.90. The van der Waals surface area contributed by atoms with Crippen molar-refractivity contribution in [1.82, 2.24) is 5.32 Å². The van der Waals surface area contributed by atoms with E-state index < -0.39 is 10.8 Å². The van der Waals surface area contributed by atoms with Crippen molar-refractivity contribution in [3.8, 4) is 0 Å². The van der Waals surface area contributed by atoms with Gasteiger partial charge in [-0.05, 0) is 77.1 Å². The molecule has 30 heavy (non-hydrogen) atoms. The van der Waals surface area contributed by atoms with Crippen LogP contribution in [0.5, 0.6) is 0 Å². The lowest BCUT2D eigenvalue weighted by Gasteiger charge is -2.08. The number of benzene rings is 2. The molecule has 0 aliphatic heterocycles. The number of rotatable bonds is 8. The average Bonchev–Trinajstić information content (AvgIpc) is 2.97. The zero-order valence-electron chi connectivity index (χ0n) is 17.5. The summed E-state index contributed by atoms with van der Waals surface area (Å²) < 4.78 is 30.6. The minimum absolute atomic E-state index is 0.0910. The van der Waals surface area contributed by atoms with Gasteiger partial charge in [0.2, 0.25) is 5.91 Å². The van der Waals surface area contributed by atoms with E-state index in [1.807, 2.05) is 37.3 Å². The van der Waals surface area contributed by atoms with Crippen LogP contribution in [0.2, 0.25) is 0 Å². The number of hydrogen-bond acceptors (Lipinski definition) is 3. The minimum Gasteiger partial charge on any atom is -0.385 e. The number of halogens is 1. The van der Waals surface area contributed by atoms with Crippen molar-refractivity contribution in [2.75, 3.05) is 26.5 Å². The van der Waals surface area contributed by atoms with Crippen LogP contribution in [0.4, 0.5) is 4.39 Å². The maximum atomic E-state index is 14.0. The van der Waals surface area contributed by atoms with Crippen molar-refractivity contribution in [2.45, 2.75) is 24.7 Å². The van der Waals surface area contributed by atoms with Crippen molar-refractivity contribution in [3.63, 3.8) is 0 Å². The molecule has 4 nitrogen and oxygen atoms in total. The number of carbonyl (C=O) groups is 1. The summed E-state index contributed by atoms with van der Waals surface area (Å²) in [6.07, 6.45) is 4.61. The number of methoxy groups -OCH3 is 1. The van der Waals surface area contributed by atoms with E-state index in [1.54, 1.807) is 19.4 Å². The molecule has 0 radical (unpaired) electrons. The van der Waals surface area contributed by atoms with Gasteiger partial charge in [-0.2, -0.15) is 0 Å². The highest BCUT2D eigenvalue weighted by molar-refractivity contribution is 7.84. The van der Waals surface area contributed by atoms with Gasteiger partial charge in [0.05, 0.1) is 6.42 Å². The zero-order chi connectivity index (χ0) is 21.7. The Morgan fingerprint density at radius 1 is 1.17 bits per heavy atom. The number of fused-ring (bicyclic) bond motifs is 1. The predicted octanol–water partition coefficient (Wildman–Crippen LogP) is 4.43. The fraction of sp³-hybridized carbons (Fsp3) is 0.292. The highest BCUT2D eigenvalue weighted by Gasteiger charge is 2.25. The first kappa shape index (κ1) is 22.1. The molecule has 3 rings (SSSR count). The first-order chi connectivity index (χ1) is 14.4. The minimum atomic E-state index is -1.03. The first-order valence-corrected chi connectivity index (χ1v) is 11.4. The van der Waals surface area contributed by atoms with Gasteiger partial charge in [-0.15, -0.1) is 0 Å². The molecule has 0 heterocycles. The Labute approximate surface area is 179 Å². The summed E-state index contributed by atoms with van der Waals surface area (Å²) in [5.74, 6) is -0.415. The number of amides is 1. The second kappa shape index (κ2) is 9.96. The van der Waals surface area contributed by atoms with E-state index in [0.717, 1.165) is 44.7 Å². The van der Waals surface area contributed by atoms with E-state index in [2.05, 4.69) is 5.32 Å². The molecule has 0 bridgehead atoms. The van der Waals surface area contributed by atoms with Crippen molar-refractivity contribution in [2.24, 2.45) is 0 Å². The van der Waals surface area contributed by atoms with Crippen LogP contribution in [0.15, 0.2) is 52.9 Å². The Morgan fingerprint density at radius 3 is 2.57 bits per heavy atom. The molecule has 2 aromatic carbocycles. The molecular formula is C24H26FNO3S. The maximum absolute atomic E-state index is 14.0. The quantitative estimate of drug-likeness (QED) is 0.634. The van der Waals surface area contributed by atoms with Crippen LogP contribution < -0.4 is 5.32 Å². The Kier molecular flexibility index (Phi) is 7.34. The van der Waals surface area contributed by atoms with Crippen LogP contribution in [-0.2, 0) is 20.3 Å². The monoisotopic (exact) mass is 427 g/mol. The van der Waals surface area contributed by atoms with Gasteiger partial charge in [-0.1, -0.05) is 18.2 Å². The van der Waals surface area contributed by atoms with Gasteiger partial charge in [0.25, 0.3) is 0 Å². The van der Waals surface area contributed by atoms with Crippen LogP contribution in [0.25, 0.3) is 17.2 Å². The van der Waals surface area contributed by atoms with Gasteiger partial charge in [0.1, 0.15) is 5.82 Å². The van der Waals surface area contributed by atoms with Gasteiger partial charge in [-0.3, -0.25) is 9.00 Å². The van der Waals surface area contributed by atoms with E-state index in [1.165, 1.54) is 12.1 Å². The maximum Gasteiger partial charge on any atom is 0.224 e. The third-order valence-electron chi connectivity index (χ3n) is 5.16. The summed E-state index contributed by atoms with van der Waals surface area (Å²) in [6.45, 7) is 3.10. The molecule has 2 aromatic rings. The summed E-state index contributed by atoms with van der Waals surface area (Å²) >= 11 is 0. The molecule has 0 spiro atoms. The van der Waals surface area contributed by atoms with Crippen LogP contribution in [0.3, 0.4) is 0 Å². The Morgan fingerprint density at radius 2 is 1.90 bits per heavy atom.